The summed E-state index contributed by atoms with van der Waals surface area (Å²) in [6, 6.07) is 1.61. The molecule has 0 unspecified atom stereocenters. The number of aromatic nitrogens is 3. The van der Waals surface area contributed by atoms with Crippen LogP contribution >= 0.6 is 11.3 Å². The van der Waals surface area contributed by atoms with E-state index in [0.29, 0.717) is 5.13 Å². The van der Waals surface area contributed by atoms with Crippen LogP contribution in [0.3, 0.4) is 0 Å². The highest BCUT2D eigenvalue weighted by Crippen LogP contribution is 2.17. The van der Waals surface area contributed by atoms with Gasteiger partial charge in [0.1, 0.15) is 6.54 Å². The van der Waals surface area contributed by atoms with E-state index in [-0.39, 0.29) is 18.0 Å². The molecule has 2 aromatic heterocycles. The molecular weight excluding hydrogens is 288 g/mol. The molecule has 0 saturated carbocycles. The summed E-state index contributed by atoms with van der Waals surface area (Å²) >= 11 is 1.36. The Kier molecular flexibility index (Phi) is 3.83. The Balaban J connectivity index is 1.75. The molecule has 0 bridgehead atoms. The Hall–Kier alpha value is -2.02. The fraction of sp³-hybridized carbons (Fsp3) is 0.429. The van der Waals surface area contributed by atoms with Crippen LogP contribution in [-0.2, 0) is 24.2 Å². The second kappa shape index (κ2) is 5.77. The lowest BCUT2D eigenvalue weighted by Crippen LogP contribution is -2.31. The zero-order chi connectivity index (χ0) is 14.8. The number of hydrogen-bond acceptors (Lipinski definition) is 5. The molecule has 1 aliphatic carbocycles. The highest BCUT2D eigenvalue weighted by atomic mass is 32.1. The van der Waals surface area contributed by atoms with Gasteiger partial charge >= 0.3 is 0 Å². The fourth-order valence-corrected chi connectivity index (χ4v) is 3.12. The molecule has 2 aromatic rings. The van der Waals surface area contributed by atoms with Crippen LogP contribution in [0.1, 0.15) is 29.8 Å². The van der Waals surface area contributed by atoms with Gasteiger partial charge in [0.05, 0.1) is 11.4 Å². The van der Waals surface area contributed by atoms with Crippen LogP contribution in [0.4, 0.5) is 5.13 Å². The van der Waals surface area contributed by atoms with E-state index >= 15 is 0 Å². The van der Waals surface area contributed by atoms with Crippen LogP contribution in [0.2, 0.25) is 0 Å². The van der Waals surface area contributed by atoms with Gasteiger partial charge in [-0.15, -0.1) is 11.3 Å². The molecule has 2 heterocycles. The van der Waals surface area contributed by atoms with E-state index in [1.54, 1.807) is 6.07 Å². The Labute approximate surface area is 125 Å². The number of carbonyl (C=O) groups excluding carboxylic acids is 1. The lowest BCUT2D eigenvalue weighted by Gasteiger charge is -2.15. The average Bonchev–Trinajstić information content (AvgIpc) is 2.85. The third kappa shape index (κ3) is 3.18. The van der Waals surface area contributed by atoms with Crippen molar-refractivity contribution in [2.24, 2.45) is 0 Å². The van der Waals surface area contributed by atoms with Crippen LogP contribution in [0.25, 0.3) is 0 Å². The predicted octanol–water partition coefficient (Wildman–Crippen LogP) is 1.53. The molecule has 0 aliphatic heterocycles. The van der Waals surface area contributed by atoms with Crippen molar-refractivity contribution in [2.45, 2.75) is 39.2 Å². The number of nitrogens with one attached hydrogen (secondary N) is 1. The maximum absolute atomic E-state index is 12.0. The highest BCUT2D eigenvalue weighted by Gasteiger charge is 2.15. The molecule has 3 rings (SSSR count). The van der Waals surface area contributed by atoms with Crippen LogP contribution < -0.4 is 10.9 Å². The highest BCUT2D eigenvalue weighted by molar-refractivity contribution is 7.13. The molecule has 6 nitrogen and oxygen atoms in total. The number of amides is 1. The van der Waals surface area contributed by atoms with E-state index in [1.807, 2.05) is 12.3 Å². The molecule has 110 valence electrons. The summed E-state index contributed by atoms with van der Waals surface area (Å²) in [5, 5.41) is 9.42. The van der Waals surface area contributed by atoms with Gasteiger partial charge in [-0.05, 0) is 38.2 Å². The Morgan fingerprint density at radius 1 is 1.43 bits per heavy atom. The van der Waals surface area contributed by atoms with Crippen molar-refractivity contribution < 1.29 is 4.79 Å². The lowest BCUT2D eigenvalue weighted by atomic mass is 9.97. The standard InChI is InChI=1S/C14H16N4O2S/c1-9-8-21-14(15-9)16-12(19)7-18-13(20)6-10-4-2-3-5-11(10)17-18/h6,8H,2-5,7H2,1H3,(H,15,16,19). The Morgan fingerprint density at radius 3 is 3.00 bits per heavy atom. The van der Waals surface area contributed by atoms with E-state index < -0.39 is 0 Å². The normalized spacial score (nSPS) is 13.8. The smallest absolute Gasteiger partial charge is 0.267 e. The van der Waals surface area contributed by atoms with Gasteiger partial charge in [-0.25, -0.2) is 9.67 Å². The summed E-state index contributed by atoms with van der Waals surface area (Å²) in [6.07, 6.45) is 3.97. The van der Waals surface area contributed by atoms with Crippen molar-refractivity contribution in [2.75, 3.05) is 5.32 Å². The van der Waals surface area contributed by atoms with E-state index in [4.69, 9.17) is 0 Å². The van der Waals surface area contributed by atoms with Gasteiger partial charge in [0, 0.05) is 11.4 Å². The molecule has 0 radical (unpaired) electrons. The summed E-state index contributed by atoms with van der Waals surface area (Å²) in [7, 11) is 0. The molecule has 1 N–H and O–H groups in total. The molecule has 0 fully saturated rings. The third-order valence-corrected chi connectivity index (χ3v) is 4.31. The summed E-state index contributed by atoms with van der Waals surface area (Å²) in [6.45, 7) is 1.78. The van der Waals surface area contributed by atoms with Crippen molar-refractivity contribution in [1.29, 1.82) is 0 Å². The van der Waals surface area contributed by atoms with Gasteiger partial charge < -0.3 is 5.32 Å². The molecule has 1 amide bonds. The van der Waals surface area contributed by atoms with Crippen LogP contribution in [0.5, 0.6) is 0 Å². The second-order valence-electron chi connectivity index (χ2n) is 5.16. The van der Waals surface area contributed by atoms with Crippen molar-refractivity contribution >= 4 is 22.4 Å². The van der Waals surface area contributed by atoms with E-state index in [1.165, 1.54) is 16.0 Å². The van der Waals surface area contributed by atoms with Crippen molar-refractivity contribution in [3.8, 4) is 0 Å². The summed E-state index contributed by atoms with van der Waals surface area (Å²) in [5.74, 6) is -0.283. The van der Waals surface area contributed by atoms with Crippen molar-refractivity contribution in [3.05, 3.63) is 38.8 Å². The maximum Gasteiger partial charge on any atom is 0.267 e. The first-order valence-electron chi connectivity index (χ1n) is 6.94. The molecule has 0 atom stereocenters. The van der Waals surface area contributed by atoms with Crippen molar-refractivity contribution in [1.82, 2.24) is 14.8 Å². The Morgan fingerprint density at radius 2 is 2.24 bits per heavy atom. The van der Waals surface area contributed by atoms with Crippen LogP contribution in [0, 0.1) is 6.92 Å². The van der Waals surface area contributed by atoms with Gasteiger partial charge in [0.15, 0.2) is 5.13 Å². The minimum Gasteiger partial charge on any atom is -0.300 e. The first-order valence-corrected chi connectivity index (χ1v) is 7.82. The molecule has 0 saturated heterocycles. The SMILES string of the molecule is Cc1csc(NC(=O)Cn2nc3c(cc2=O)CCCC3)n1. The van der Waals surface area contributed by atoms with Gasteiger partial charge in [-0.3, -0.25) is 9.59 Å². The number of carbonyl (C=O) groups is 1. The number of aryl methyl sites for hydroxylation is 3. The predicted molar refractivity (Wildman–Crippen MR) is 80.6 cm³/mol. The zero-order valence-electron chi connectivity index (χ0n) is 11.8. The average molecular weight is 304 g/mol. The zero-order valence-corrected chi connectivity index (χ0v) is 12.6. The van der Waals surface area contributed by atoms with E-state index in [9.17, 15) is 9.59 Å². The summed E-state index contributed by atoms with van der Waals surface area (Å²) in [5.41, 5.74) is 2.61. The first kappa shape index (κ1) is 13.9. The summed E-state index contributed by atoms with van der Waals surface area (Å²) < 4.78 is 1.24. The van der Waals surface area contributed by atoms with Crippen LogP contribution in [0.15, 0.2) is 16.2 Å². The molecule has 0 spiro atoms. The topological polar surface area (TPSA) is 76.9 Å². The number of hydrogen-bond donors (Lipinski definition) is 1. The van der Waals surface area contributed by atoms with Gasteiger partial charge in [-0.1, -0.05) is 0 Å². The Bertz CT molecular complexity index is 735. The van der Waals surface area contributed by atoms with Crippen LogP contribution in [-0.4, -0.2) is 20.7 Å². The number of anilines is 1. The van der Waals surface area contributed by atoms with Crippen molar-refractivity contribution in [3.63, 3.8) is 0 Å². The second-order valence-corrected chi connectivity index (χ2v) is 6.02. The number of thiazole rings is 1. The lowest BCUT2D eigenvalue weighted by molar-refractivity contribution is -0.117. The fourth-order valence-electron chi connectivity index (χ4n) is 2.42. The van der Waals surface area contributed by atoms with Gasteiger partial charge in [-0.2, -0.15) is 5.10 Å². The summed E-state index contributed by atoms with van der Waals surface area (Å²) in [4.78, 5) is 28.1. The largest absolute Gasteiger partial charge is 0.300 e. The minimum absolute atomic E-state index is 0.0786. The number of rotatable bonds is 3. The molecule has 7 heteroatoms. The van der Waals surface area contributed by atoms with E-state index in [2.05, 4.69) is 15.4 Å². The van der Waals surface area contributed by atoms with E-state index in [0.717, 1.165) is 42.6 Å². The molecule has 21 heavy (non-hydrogen) atoms. The van der Waals surface area contributed by atoms with Gasteiger partial charge in [0.25, 0.3) is 5.56 Å². The molecule has 0 aromatic carbocycles. The quantitative estimate of drug-likeness (QED) is 0.933. The minimum atomic E-state index is -0.283. The first-order chi connectivity index (χ1) is 10.1. The maximum atomic E-state index is 12.0. The monoisotopic (exact) mass is 304 g/mol. The molecular formula is C14H16N4O2S. The number of nitrogens with zero attached hydrogens (tertiary/aromatic N) is 3. The molecule has 1 aliphatic rings. The number of fused-ring (bicyclic) bond motifs is 1. The third-order valence-electron chi connectivity index (χ3n) is 3.43. The van der Waals surface area contributed by atoms with Gasteiger partial charge in [0.2, 0.25) is 5.91 Å².